The van der Waals surface area contributed by atoms with Crippen molar-refractivity contribution in [1.29, 1.82) is 0 Å². The third kappa shape index (κ3) is 4.28. The van der Waals surface area contributed by atoms with Crippen LogP contribution in [-0.4, -0.2) is 58.6 Å². The van der Waals surface area contributed by atoms with Crippen molar-refractivity contribution in [3.8, 4) is 0 Å². The quantitative estimate of drug-likeness (QED) is 0.346. The van der Waals surface area contributed by atoms with E-state index in [4.69, 9.17) is 0 Å². The van der Waals surface area contributed by atoms with E-state index in [1.807, 2.05) is 13.0 Å². The number of hydrogen-bond acceptors (Lipinski definition) is 3. The maximum atomic E-state index is 12.7. The van der Waals surface area contributed by atoms with E-state index < -0.39 is 11.7 Å². The van der Waals surface area contributed by atoms with E-state index in [9.17, 15) is 14.4 Å². The number of nitrogens with zero attached hydrogens (tertiary/aromatic N) is 2. The molecular formula is C22H25N3O3. The van der Waals surface area contributed by atoms with Gasteiger partial charge in [-0.25, -0.2) is 0 Å². The van der Waals surface area contributed by atoms with Gasteiger partial charge in [0.25, 0.3) is 17.6 Å². The summed E-state index contributed by atoms with van der Waals surface area (Å²) in [6.45, 7) is 14.0. The molecule has 1 aromatic rings. The molecule has 0 spiro atoms. The normalized spacial score (nSPS) is 16.1. The van der Waals surface area contributed by atoms with E-state index in [1.165, 1.54) is 17.1 Å². The lowest BCUT2D eigenvalue weighted by Crippen LogP contribution is -2.52. The number of rotatable bonds is 6. The van der Waals surface area contributed by atoms with Crippen LogP contribution in [0.1, 0.15) is 17.3 Å². The van der Waals surface area contributed by atoms with Crippen molar-refractivity contribution in [2.75, 3.05) is 26.2 Å². The summed E-state index contributed by atoms with van der Waals surface area (Å²) < 4.78 is 0. The predicted octanol–water partition coefficient (Wildman–Crippen LogP) is 0.933. The lowest BCUT2D eigenvalue weighted by molar-refractivity contribution is -0.134. The Kier molecular flexibility index (Phi) is 7.09. The zero-order chi connectivity index (χ0) is 20.7. The van der Waals surface area contributed by atoms with Gasteiger partial charge in [-0.15, -0.1) is 0 Å². The van der Waals surface area contributed by atoms with Crippen molar-refractivity contribution in [2.24, 2.45) is 0 Å². The van der Waals surface area contributed by atoms with Crippen LogP contribution in [0.15, 0.2) is 55.8 Å². The number of ketones is 1. The van der Waals surface area contributed by atoms with E-state index >= 15 is 0 Å². The minimum atomic E-state index is -0.574. The number of piperazine rings is 1. The molecule has 0 unspecified atom stereocenters. The Balaban J connectivity index is 2.12. The fourth-order valence-corrected chi connectivity index (χ4v) is 3.08. The maximum Gasteiger partial charge on any atom is 0.295 e. The van der Waals surface area contributed by atoms with Crippen LogP contribution in [0.4, 0.5) is 0 Å². The summed E-state index contributed by atoms with van der Waals surface area (Å²) in [6, 6.07) is 0. The van der Waals surface area contributed by atoms with Crippen LogP contribution in [-0.2, 0) is 9.59 Å². The second-order valence-electron chi connectivity index (χ2n) is 6.20. The number of allylic oxidation sites excluding steroid dienone is 3. The number of H-pyrrole nitrogens is 1. The molecule has 1 fully saturated rings. The van der Waals surface area contributed by atoms with Gasteiger partial charge in [0.2, 0.25) is 0 Å². The van der Waals surface area contributed by atoms with Crippen molar-refractivity contribution in [3.63, 3.8) is 0 Å². The smallest absolute Gasteiger partial charge is 0.295 e. The largest absolute Gasteiger partial charge is 0.361 e. The minimum Gasteiger partial charge on any atom is -0.361 e. The van der Waals surface area contributed by atoms with Crippen LogP contribution < -0.4 is 10.6 Å². The van der Waals surface area contributed by atoms with E-state index in [0.29, 0.717) is 42.5 Å². The van der Waals surface area contributed by atoms with Gasteiger partial charge in [0, 0.05) is 48.5 Å². The Morgan fingerprint density at radius 2 is 1.61 bits per heavy atom. The summed E-state index contributed by atoms with van der Waals surface area (Å²) in [4.78, 5) is 44.0. The van der Waals surface area contributed by atoms with Gasteiger partial charge in [-0.05, 0) is 6.92 Å². The number of carbonyl (C=O) groups excluding carboxylic acids is 3. The van der Waals surface area contributed by atoms with Gasteiger partial charge < -0.3 is 14.8 Å². The van der Waals surface area contributed by atoms with Crippen LogP contribution in [0.25, 0.3) is 12.2 Å². The van der Waals surface area contributed by atoms with Gasteiger partial charge in [0.1, 0.15) is 0 Å². The average molecular weight is 379 g/mol. The Labute approximate surface area is 164 Å². The zero-order valence-corrected chi connectivity index (χ0v) is 16.1. The van der Waals surface area contributed by atoms with Crippen molar-refractivity contribution in [2.45, 2.75) is 6.92 Å². The lowest BCUT2D eigenvalue weighted by atomic mass is 10.1. The molecule has 0 saturated carbocycles. The molecule has 1 N–H and O–H groups in total. The Bertz CT molecular complexity index is 958. The van der Waals surface area contributed by atoms with Crippen molar-refractivity contribution in [3.05, 3.63) is 71.9 Å². The molecule has 2 amide bonds. The number of Topliss-reactive ketones (excluding diaryl/α,β-unsaturated/α-hetero) is 1. The van der Waals surface area contributed by atoms with Crippen LogP contribution >= 0.6 is 0 Å². The maximum absolute atomic E-state index is 12.7. The Hall–Kier alpha value is -3.41. The zero-order valence-electron chi connectivity index (χ0n) is 16.1. The van der Waals surface area contributed by atoms with Gasteiger partial charge in [-0.1, -0.05) is 56.2 Å². The van der Waals surface area contributed by atoms with Crippen molar-refractivity contribution < 1.29 is 14.4 Å². The van der Waals surface area contributed by atoms with Gasteiger partial charge in [0.05, 0.1) is 5.56 Å². The monoisotopic (exact) mass is 379 g/mol. The Morgan fingerprint density at radius 1 is 1.00 bits per heavy atom. The van der Waals surface area contributed by atoms with Crippen LogP contribution in [0.3, 0.4) is 0 Å². The van der Waals surface area contributed by atoms with E-state index in [0.717, 1.165) is 5.35 Å². The molecule has 1 aliphatic rings. The van der Waals surface area contributed by atoms with Crippen molar-refractivity contribution >= 4 is 29.7 Å². The number of nitrogens with one attached hydrogen (secondary N) is 1. The molecule has 6 nitrogen and oxygen atoms in total. The third-order valence-electron chi connectivity index (χ3n) is 4.58. The molecule has 1 aliphatic heterocycles. The van der Waals surface area contributed by atoms with Gasteiger partial charge in [0.15, 0.2) is 0 Å². The molecule has 0 aliphatic carbocycles. The highest BCUT2D eigenvalue weighted by Gasteiger charge is 2.29. The first-order chi connectivity index (χ1) is 13.5. The lowest BCUT2D eigenvalue weighted by Gasteiger charge is -2.34. The summed E-state index contributed by atoms with van der Waals surface area (Å²) in [5, 5.41) is 1.41. The molecule has 146 valence electrons. The fraction of sp³-hybridized carbons (Fsp3) is 0.227. The van der Waals surface area contributed by atoms with Crippen molar-refractivity contribution in [1.82, 2.24) is 14.8 Å². The molecule has 6 heteroatoms. The molecule has 0 bridgehead atoms. The van der Waals surface area contributed by atoms with E-state index in [1.54, 1.807) is 29.3 Å². The summed E-state index contributed by atoms with van der Waals surface area (Å²) >= 11 is 0. The molecule has 0 radical (unpaired) electrons. The molecule has 0 aromatic carbocycles. The van der Waals surface area contributed by atoms with Gasteiger partial charge in [-0.2, -0.15) is 0 Å². The molecule has 28 heavy (non-hydrogen) atoms. The standard InChI is InChI=1S/C22H25N3O3/c1-5-9-16(7-3)21(27)24-11-13-25(14-12-24)22(28)20(26)18-15-23-19(8-4)17(18)10-6-2/h5-10,15,23H,1-3,11-14H2,4H3/b16-9+,17-10-,19-8+. The van der Waals surface area contributed by atoms with Gasteiger partial charge >= 0.3 is 0 Å². The summed E-state index contributed by atoms with van der Waals surface area (Å²) in [5.41, 5.74) is 0.769. The number of carbonyl (C=O) groups is 3. The second-order valence-corrected chi connectivity index (χ2v) is 6.20. The number of amides is 2. The van der Waals surface area contributed by atoms with Crippen LogP contribution in [0.5, 0.6) is 0 Å². The summed E-state index contributed by atoms with van der Waals surface area (Å²) in [5.74, 6) is -1.31. The first-order valence-electron chi connectivity index (χ1n) is 9.03. The predicted molar refractivity (Wildman–Crippen MR) is 111 cm³/mol. The van der Waals surface area contributed by atoms with Gasteiger partial charge in [-0.3, -0.25) is 14.4 Å². The summed E-state index contributed by atoms with van der Waals surface area (Å²) in [7, 11) is 0. The van der Waals surface area contributed by atoms with E-state index in [2.05, 4.69) is 24.7 Å². The van der Waals surface area contributed by atoms with Crippen LogP contribution in [0, 0.1) is 0 Å². The third-order valence-corrected chi connectivity index (χ3v) is 4.58. The SMILES string of the molecule is C=C/C=c1/c(C(=O)C(=O)N2CCN(C(=O)/C(C=C)=C/C=C)CC2)c[nH]/c1=C/C. The molecule has 0 atom stereocenters. The summed E-state index contributed by atoms with van der Waals surface area (Å²) in [6.07, 6.45) is 11.3. The number of hydrogen-bond donors (Lipinski definition) is 1. The molecule has 2 heterocycles. The molecular weight excluding hydrogens is 354 g/mol. The number of aromatic amines is 1. The topological polar surface area (TPSA) is 73.5 Å². The molecule has 2 rings (SSSR count). The second kappa shape index (κ2) is 9.50. The highest BCUT2D eigenvalue weighted by atomic mass is 16.2. The molecule has 1 saturated heterocycles. The first kappa shape index (κ1) is 20.9. The van der Waals surface area contributed by atoms with E-state index in [-0.39, 0.29) is 5.91 Å². The fourth-order valence-electron chi connectivity index (χ4n) is 3.08. The average Bonchev–Trinajstić information content (AvgIpc) is 3.13. The number of aromatic nitrogens is 1. The molecule has 1 aromatic heterocycles. The Morgan fingerprint density at radius 3 is 2.11 bits per heavy atom. The minimum absolute atomic E-state index is 0.162. The first-order valence-corrected chi connectivity index (χ1v) is 9.03. The highest BCUT2D eigenvalue weighted by molar-refractivity contribution is 6.42. The van der Waals surface area contributed by atoms with Crippen LogP contribution in [0.2, 0.25) is 0 Å². The highest BCUT2D eigenvalue weighted by Crippen LogP contribution is 2.10.